The van der Waals surface area contributed by atoms with Gasteiger partial charge in [0.2, 0.25) is 0 Å². The van der Waals surface area contributed by atoms with Gasteiger partial charge in [0.15, 0.2) is 0 Å². The zero-order valence-electron chi connectivity index (χ0n) is 10.9. The maximum atomic E-state index is 11.2. The fraction of sp³-hybridized carbons (Fsp3) is 0.357. The van der Waals surface area contributed by atoms with Crippen molar-refractivity contribution < 1.29 is 14.3 Å². The lowest BCUT2D eigenvalue weighted by molar-refractivity contribution is 0.0923. The van der Waals surface area contributed by atoms with E-state index in [1.54, 1.807) is 7.11 Å². The molecule has 0 fully saturated rings. The van der Waals surface area contributed by atoms with E-state index >= 15 is 0 Å². The molecule has 4 nitrogen and oxygen atoms in total. The van der Waals surface area contributed by atoms with Crippen LogP contribution in [-0.4, -0.2) is 32.5 Å². The third kappa shape index (κ3) is 4.59. The van der Waals surface area contributed by atoms with Crippen LogP contribution in [0.2, 0.25) is 0 Å². The van der Waals surface area contributed by atoms with Gasteiger partial charge < -0.3 is 14.8 Å². The lowest BCUT2D eigenvalue weighted by atomic mass is 10.1. The Labute approximate surface area is 108 Å². The van der Waals surface area contributed by atoms with Crippen LogP contribution in [0.1, 0.15) is 12.5 Å². The molecule has 4 heteroatoms. The summed E-state index contributed by atoms with van der Waals surface area (Å²) >= 11 is 0. The number of amides is 1. The summed E-state index contributed by atoms with van der Waals surface area (Å²) in [5.74, 6) is 0. The Bertz CT molecular complexity index is 389. The van der Waals surface area contributed by atoms with E-state index in [0.29, 0.717) is 0 Å². The van der Waals surface area contributed by atoms with Crippen LogP contribution in [0, 0.1) is 0 Å². The van der Waals surface area contributed by atoms with Crippen LogP contribution in [0.5, 0.6) is 0 Å². The van der Waals surface area contributed by atoms with Crippen LogP contribution in [-0.2, 0) is 9.47 Å². The van der Waals surface area contributed by atoms with Crippen LogP contribution >= 0.6 is 0 Å². The maximum Gasteiger partial charge on any atom is 0.407 e. The van der Waals surface area contributed by atoms with E-state index in [4.69, 9.17) is 4.74 Å². The first-order valence-corrected chi connectivity index (χ1v) is 5.78. The van der Waals surface area contributed by atoms with Crippen LogP contribution < -0.4 is 5.32 Å². The van der Waals surface area contributed by atoms with Gasteiger partial charge in [0, 0.05) is 7.11 Å². The minimum atomic E-state index is -0.471. The summed E-state index contributed by atoms with van der Waals surface area (Å²) in [5.41, 5.74) is 1.07. The van der Waals surface area contributed by atoms with Gasteiger partial charge in [-0.15, -0.1) is 0 Å². The molecule has 1 N–H and O–H groups in total. The third-order valence-electron chi connectivity index (χ3n) is 2.64. The first kappa shape index (κ1) is 14.3. The van der Waals surface area contributed by atoms with Gasteiger partial charge in [0.25, 0.3) is 0 Å². The molecule has 98 valence electrons. The van der Waals surface area contributed by atoms with Crippen molar-refractivity contribution in [2.24, 2.45) is 0 Å². The number of rotatable bonds is 5. The van der Waals surface area contributed by atoms with E-state index in [2.05, 4.69) is 10.1 Å². The summed E-state index contributed by atoms with van der Waals surface area (Å²) in [6.45, 7) is 1.88. The first-order chi connectivity index (χ1) is 8.67. The Morgan fingerprint density at radius 2 is 1.94 bits per heavy atom. The van der Waals surface area contributed by atoms with Gasteiger partial charge in [-0.2, -0.15) is 0 Å². The van der Waals surface area contributed by atoms with Crippen molar-refractivity contribution in [2.75, 3.05) is 14.2 Å². The number of carbonyl (C=O) groups excluding carboxylic acids is 1. The van der Waals surface area contributed by atoms with E-state index in [0.717, 1.165) is 5.56 Å². The third-order valence-corrected chi connectivity index (χ3v) is 2.64. The van der Waals surface area contributed by atoms with Crippen LogP contribution in [0.3, 0.4) is 0 Å². The predicted molar refractivity (Wildman–Crippen MR) is 71.3 cm³/mol. The van der Waals surface area contributed by atoms with Crippen molar-refractivity contribution in [2.45, 2.75) is 19.1 Å². The first-order valence-electron chi connectivity index (χ1n) is 5.78. The minimum Gasteiger partial charge on any atom is -0.453 e. The molecule has 0 bridgehead atoms. The second-order valence-corrected chi connectivity index (χ2v) is 3.87. The highest BCUT2D eigenvalue weighted by molar-refractivity contribution is 5.68. The van der Waals surface area contributed by atoms with Crippen molar-refractivity contribution in [3.8, 4) is 0 Å². The highest BCUT2D eigenvalue weighted by atomic mass is 16.5. The van der Waals surface area contributed by atoms with E-state index in [-0.39, 0.29) is 12.1 Å². The number of hydrogen-bond donors (Lipinski definition) is 1. The quantitative estimate of drug-likeness (QED) is 0.872. The molecule has 0 saturated heterocycles. The van der Waals surface area contributed by atoms with Gasteiger partial charge in [-0.25, -0.2) is 4.79 Å². The van der Waals surface area contributed by atoms with Gasteiger partial charge >= 0.3 is 6.09 Å². The number of alkyl carbamates (subject to hydrolysis) is 1. The van der Waals surface area contributed by atoms with Crippen molar-refractivity contribution in [1.82, 2.24) is 5.32 Å². The maximum absolute atomic E-state index is 11.2. The zero-order chi connectivity index (χ0) is 13.4. The fourth-order valence-electron chi connectivity index (χ4n) is 1.44. The molecule has 0 aliphatic carbocycles. The van der Waals surface area contributed by atoms with Crippen molar-refractivity contribution in [3.63, 3.8) is 0 Å². The molecule has 18 heavy (non-hydrogen) atoms. The second-order valence-electron chi connectivity index (χ2n) is 3.87. The molecule has 0 aliphatic rings. The second kappa shape index (κ2) is 7.50. The Balaban J connectivity index is 2.72. The van der Waals surface area contributed by atoms with Gasteiger partial charge in [-0.3, -0.25) is 0 Å². The smallest absolute Gasteiger partial charge is 0.407 e. The summed E-state index contributed by atoms with van der Waals surface area (Å²) in [5, 5.41) is 2.71. The molecule has 0 radical (unpaired) electrons. The van der Waals surface area contributed by atoms with Crippen molar-refractivity contribution in [1.29, 1.82) is 0 Å². The number of hydrogen-bond acceptors (Lipinski definition) is 3. The summed E-state index contributed by atoms with van der Waals surface area (Å²) in [6.07, 6.45) is 3.22. The molecule has 1 aromatic rings. The van der Waals surface area contributed by atoms with Crippen molar-refractivity contribution >= 4 is 12.2 Å². The van der Waals surface area contributed by atoms with Crippen LogP contribution in [0.25, 0.3) is 6.08 Å². The summed E-state index contributed by atoms with van der Waals surface area (Å²) in [4.78, 5) is 11.2. The molecule has 2 atom stereocenters. The topological polar surface area (TPSA) is 47.6 Å². The Kier molecular flexibility index (Phi) is 5.94. The average molecular weight is 249 g/mol. The molecule has 0 aromatic heterocycles. The normalized spacial score (nSPS) is 14.2. The largest absolute Gasteiger partial charge is 0.453 e. The molecule has 0 spiro atoms. The van der Waals surface area contributed by atoms with Crippen molar-refractivity contribution in [3.05, 3.63) is 42.0 Å². The van der Waals surface area contributed by atoms with E-state index in [1.165, 1.54) is 7.11 Å². The molecule has 1 aromatic carbocycles. The van der Waals surface area contributed by atoms with Gasteiger partial charge in [0.05, 0.1) is 19.3 Å². The number of carbonyl (C=O) groups is 1. The number of nitrogens with one attached hydrogen (secondary N) is 1. The standard InChI is InChI=1S/C14H19NO3/c1-11(17-2)13(15-14(16)18-3)10-9-12-7-5-4-6-8-12/h4-11,13H,1-3H3,(H,15,16)/b10-9+/t11-,13+/m0/s1. The molecular formula is C14H19NO3. The van der Waals surface area contributed by atoms with E-state index < -0.39 is 6.09 Å². The lowest BCUT2D eigenvalue weighted by Gasteiger charge is -2.20. The van der Waals surface area contributed by atoms with E-state index in [1.807, 2.05) is 49.4 Å². The fourth-order valence-corrected chi connectivity index (χ4v) is 1.44. The highest BCUT2D eigenvalue weighted by Gasteiger charge is 2.16. The molecule has 0 aliphatic heterocycles. The highest BCUT2D eigenvalue weighted by Crippen LogP contribution is 2.06. The molecule has 0 saturated carbocycles. The number of ether oxygens (including phenoxy) is 2. The molecule has 1 rings (SSSR count). The molecule has 1 amide bonds. The zero-order valence-corrected chi connectivity index (χ0v) is 10.9. The van der Waals surface area contributed by atoms with Gasteiger partial charge in [-0.1, -0.05) is 42.5 Å². The Morgan fingerprint density at radius 1 is 1.28 bits per heavy atom. The number of methoxy groups -OCH3 is 2. The monoisotopic (exact) mass is 249 g/mol. The Hall–Kier alpha value is -1.81. The summed E-state index contributed by atoms with van der Waals surface area (Å²) < 4.78 is 9.81. The Morgan fingerprint density at radius 3 is 2.50 bits per heavy atom. The SMILES string of the molecule is COC(=O)N[C@H](/C=C/c1ccccc1)[C@H](C)OC. The summed E-state index contributed by atoms with van der Waals surface area (Å²) in [7, 11) is 2.94. The van der Waals surface area contributed by atoms with Gasteiger partial charge in [-0.05, 0) is 12.5 Å². The van der Waals surface area contributed by atoms with Crippen LogP contribution in [0.4, 0.5) is 4.79 Å². The minimum absolute atomic E-state index is 0.135. The number of benzene rings is 1. The van der Waals surface area contributed by atoms with Gasteiger partial charge in [0.1, 0.15) is 0 Å². The average Bonchev–Trinajstić information content (AvgIpc) is 2.43. The van der Waals surface area contributed by atoms with E-state index in [9.17, 15) is 4.79 Å². The summed E-state index contributed by atoms with van der Waals surface area (Å²) in [6, 6.07) is 9.62. The predicted octanol–water partition coefficient (Wildman–Crippen LogP) is 2.46. The molecular weight excluding hydrogens is 230 g/mol. The van der Waals surface area contributed by atoms with Crippen LogP contribution in [0.15, 0.2) is 36.4 Å². The molecule has 0 unspecified atom stereocenters. The lowest BCUT2D eigenvalue weighted by Crippen LogP contribution is -2.41. The molecule has 0 heterocycles.